The van der Waals surface area contributed by atoms with Crippen LogP contribution >= 0.6 is 23.5 Å². The molecule has 17 heteroatoms. The summed E-state index contributed by atoms with van der Waals surface area (Å²) >= 11 is 2.52. The van der Waals surface area contributed by atoms with Gasteiger partial charge in [0, 0.05) is 18.1 Å². The van der Waals surface area contributed by atoms with E-state index < -0.39 is 41.2 Å². The van der Waals surface area contributed by atoms with E-state index in [2.05, 4.69) is 26.2 Å². The number of carboxylic acids is 2. The third-order valence-electron chi connectivity index (χ3n) is 5.73. The van der Waals surface area contributed by atoms with E-state index in [1.165, 1.54) is 57.4 Å². The fourth-order valence-corrected chi connectivity index (χ4v) is 6.23. The van der Waals surface area contributed by atoms with Crippen molar-refractivity contribution in [3.63, 3.8) is 0 Å². The highest BCUT2D eigenvalue weighted by Gasteiger charge is 2.54. The fraction of sp³-hybridized carbons (Fsp3) is 0.381. The summed E-state index contributed by atoms with van der Waals surface area (Å²) in [7, 11) is 0. The quantitative estimate of drug-likeness (QED) is 0.0989. The molecule has 202 valence electrons. The predicted molar refractivity (Wildman–Crippen MR) is 134 cm³/mol. The zero-order chi connectivity index (χ0) is 27.4. The van der Waals surface area contributed by atoms with Crippen molar-refractivity contribution in [2.24, 2.45) is 5.73 Å². The Morgan fingerprint density at radius 1 is 1.24 bits per heavy atom. The number of nitrogens with two attached hydrogens (primary N) is 1. The smallest absolute Gasteiger partial charge is 0.352 e. The van der Waals surface area contributed by atoms with Gasteiger partial charge in [-0.25, -0.2) is 9.48 Å². The van der Waals surface area contributed by atoms with Gasteiger partial charge >= 0.3 is 11.9 Å². The van der Waals surface area contributed by atoms with Gasteiger partial charge in [-0.1, -0.05) is 23.9 Å². The number of fused-ring (bicyclic) bond motifs is 1. The van der Waals surface area contributed by atoms with Crippen LogP contribution in [0.3, 0.4) is 0 Å². The summed E-state index contributed by atoms with van der Waals surface area (Å²) in [6.07, 6.45) is 0. The Labute approximate surface area is 223 Å². The SMILES string of the molecule is N[C@@H](C(=O)NC1C(=O)N2C(C(=O)O)=C(CSc3nnnn3CCNCC(=O)O)CS[C@H]12)c1ccc(O)cc1. The van der Waals surface area contributed by atoms with E-state index in [0.29, 0.717) is 35.1 Å². The molecule has 15 nitrogen and oxygen atoms in total. The van der Waals surface area contributed by atoms with Crippen molar-refractivity contribution in [1.29, 1.82) is 0 Å². The minimum atomic E-state index is -1.26. The van der Waals surface area contributed by atoms with Crippen LogP contribution < -0.4 is 16.4 Å². The van der Waals surface area contributed by atoms with Crippen LogP contribution in [0, 0.1) is 0 Å². The normalized spacial score (nSPS) is 19.5. The van der Waals surface area contributed by atoms with Gasteiger partial charge in [-0.15, -0.1) is 16.9 Å². The third kappa shape index (κ3) is 5.90. The number of nitrogens with one attached hydrogen (secondary N) is 2. The largest absolute Gasteiger partial charge is 0.508 e. The monoisotopic (exact) mass is 564 g/mol. The fourth-order valence-electron chi connectivity index (χ4n) is 3.84. The van der Waals surface area contributed by atoms with Crippen LogP contribution in [0.2, 0.25) is 0 Å². The number of nitrogens with zero attached hydrogens (tertiary/aromatic N) is 5. The number of carboxylic acid groups (broad SMARTS) is 2. The first-order chi connectivity index (χ1) is 18.2. The molecule has 1 fully saturated rings. The van der Waals surface area contributed by atoms with Crippen molar-refractivity contribution in [1.82, 2.24) is 35.7 Å². The lowest BCUT2D eigenvalue weighted by Crippen LogP contribution is -2.71. The number of β-lactam (4-membered cyclic amide) rings is 1. The molecule has 2 amide bonds. The van der Waals surface area contributed by atoms with E-state index >= 15 is 0 Å². The Balaban J connectivity index is 1.39. The Hall–Kier alpha value is -3.67. The summed E-state index contributed by atoms with van der Waals surface area (Å²) in [5.74, 6) is -2.86. The molecule has 3 atom stereocenters. The first-order valence-corrected chi connectivity index (χ1v) is 13.3. The second kappa shape index (κ2) is 11.8. The Morgan fingerprint density at radius 2 is 1.97 bits per heavy atom. The number of carbonyl (C=O) groups is 4. The van der Waals surface area contributed by atoms with Gasteiger partial charge in [0.1, 0.15) is 28.9 Å². The molecule has 0 radical (unpaired) electrons. The maximum atomic E-state index is 12.9. The number of hydrogen-bond donors (Lipinski definition) is 6. The third-order valence-corrected chi connectivity index (χ3v) is 8.12. The zero-order valence-corrected chi connectivity index (χ0v) is 21.3. The van der Waals surface area contributed by atoms with Crippen LogP contribution in [-0.4, -0.2) is 100 Å². The number of aliphatic carboxylic acids is 2. The molecule has 2 aliphatic rings. The molecular weight excluding hydrogens is 540 g/mol. The molecule has 7 N–H and O–H groups in total. The number of benzene rings is 1. The van der Waals surface area contributed by atoms with Crippen LogP contribution in [0.5, 0.6) is 5.75 Å². The molecular formula is C21H24N8O7S2. The number of tetrazole rings is 1. The van der Waals surface area contributed by atoms with Crippen LogP contribution in [0.1, 0.15) is 11.6 Å². The zero-order valence-electron chi connectivity index (χ0n) is 19.7. The van der Waals surface area contributed by atoms with E-state index in [9.17, 15) is 29.4 Å². The van der Waals surface area contributed by atoms with Crippen LogP contribution in [0.25, 0.3) is 0 Å². The minimum Gasteiger partial charge on any atom is -0.508 e. The van der Waals surface area contributed by atoms with Crippen LogP contribution in [0.15, 0.2) is 40.7 Å². The molecule has 0 spiro atoms. The first kappa shape index (κ1) is 27.4. The molecule has 3 heterocycles. The number of phenols is 1. The topological polar surface area (TPSA) is 226 Å². The Kier molecular flexibility index (Phi) is 8.50. The van der Waals surface area contributed by atoms with Crippen LogP contribution in [-0.2, 0) is 25.7 Å². The number of aromatic nitrogens is 4. The first-order valence-electron chi connectivity index (χ1n) is 11.2. The number of carbonyl (C=O) groups excluding carboxylic acids is 2. The lowest BCUT2D eigenvalue weighted by Gasteiger charge is -2.49. The molecule has 1 saturated heterocycles. The summed E-state index contributed by atoms with van der Waals surface area (Å²) in [5, 5.41) is 44.5. The maximum Gasteiger partial charge on any atom is 0.352 e. The van der Waals surface area contributed by atoms with E-state index in [-0.39, 0.29) is 23.7 Å². The van der Waals surface area contributed by atoms with Gasteiger partial charge in [0.2, 0.25) is 11.1 Å². The second-order valence-electron chi connectivity index (χ2n) is 8.27. The van der Waals surface area contributed by atoms with Gasteiger partial charge in [0.25, 0.3) is 5.91 Å². The Morgan fingerprint density at radius 3 is 2.66 bits per heavy atom. The lowest BCUT2D eigenvalue weighted by molar-refractivity contribution is -0.150. The number of rotatable bonds is 12. The summed E-state index contributed by atoms with van der Waals surface area (Å²) < 4.78 is 1.47. The number of phenolic OH excluding ortho intramolecular Hbond substituents is 1. The van der Waals surface area contributed by atoms with Crippen molar-refractivity contribution < 1.29 is 34.5 Å². The predicted octanol–water partition coefficient (Wildman–Crippen LogP) is -1.42. The average Bonchev–Trinajstić information content (AvgIpc) is 3.34. The molecule has 2 aliphatic heterocycles. The van der Waals surface area contributed by atoms with E-state index in [0.717, 1.165) is 0 Å². The van der Waals surface area contributed by atoms with Gasteiger partial charge in [-0.3, -0.25) is 19.3 Å². The maximum absolute atomic E-state index is 12.9. The minimum absolute atomic E-state index is 0.0241. The van der Waals surface area contributed by atoms with Gasteiger partial charge in [0.15, 0.2) is 0 Å². The highest BCUT2D eigenvalue weighted by molar-refractivity contribution is 8.01. The van der Waals surface area contributed by atoms with Crippen molar-refractivity contribution in [2.75, 3.05) is 24.6 Å². The van der Waals surface area contributed by atoms with Crippen molar-refractivity contribution in [3.05, 3.63) is 41.1 Å². The second-order valence-corrected chi connectivity index (χ2v) is 10.3. The molecule has 1 aromatic heterocycles. The number of thioether (sulfide) groups is 2. The van der Waals surface area contributed by atoms with E-state index in [1.807, 2.05) is 0 Å². The standard InChI is InChI=1S/C21H24N8O7S2/c22-14(10-1-3-12(30)4-2-10)17(33)24-15-18(34)29-16(20(35)36)11(8-37-19(15)29)9-38-21-25-26-27-28(21)6-5-23-7-13(31)32/h1-4,14-15,19,23,30H,5-9,22H2,(H,24,33)(H,31,32)(H,35,36)/t14-,15?,19-/m1/s1. The van der Waals surface area contributed by atoms with Gasteiger partial charge in [-0.05, 0) is 33.7 Å². The highest BCUT2D eigenvalue weighted by atomic mass is 32.2. The van der Waals surface area contributed by atoms with E-state index in [1.54, 1.807) is 0 Å². The van der Waals surface area contributed by atoms with Crippen molar-refractivity contribution in [3.8, 4) is 5.75 Å². The molecule has 4 rings (SSSR count). The molecule has 0 bridgehead atoms. The molecule has 1 aromatic carbocycles. The number of aromatic hydroxyl groups is 1. The molecule has 0 saturated carbocycles. The summed E-state index contributed by atoms with van der Waals surface area (Å²) in [5.41, 5.74) is 6.81. The molecule has 2 aromatic rings. The number of amides is 2. The lowest BCUT2D eigenvalue weighted by atomic mass is 10.0. The highest BCUT2D eigenvalue weighted by Crippen LogP contribution is 2.41. The molecule has 0 aliphatic carbocycles. The van der Waals surface area contributed by atoms with Gasteiger partial charge in [0.05, 0.1) is 13.1 Å². The number of hydrogen-bond acceptors (Lipinski definition) is 12. The van der Waals surface area contributed by atoms with Gasteiger partial charge < -0.3 is 31.7 Å². The van der Waals surface area contributed by atoms with Crippen molar-refractivity contribution in [2.45, 2.75) is 29.2 Å². The Bertz CT molecular complexity index is 1270. The van der Waals surface area contributed by atoms with Gasteiger partial charge in [-0.2, -0.15) is 0 Å². The average molecular weight is 565 g/mol. The van der Waals surface area contributed by atoms with Crippen molar-refractivity contribution >= 4 is 47.3 Å². The summed E-state index contributed by atoms with van der Waals surface area (Å²) in [4.78, 5) is 49.5. The molecule has 38 heavy (non-hydrogen) atoms. The summed E-state index contributed by atoms with van der Waals surface area (Å²) in [6, 6.07) is 3.80. The molecule has 1 unspecified atom stereocenters. The van der Waals surface area contributed by atoms with E-state index in [4.69, 9.17) is 10.8 Å². The summed E-state index contributed by atoms with van der Waals surface area (Å²) in [6.45, 7) is 0.422. The van der Waals surface area contributed by atoms with Crippen LogP contribution in [0.4, 0.5) is 0 Å².